The van der Waals surface area contributed by atoms with Crippen molar-refractivity contribution in [3.05, 3.63) is 59.4 Å². The molecule has 1 aliphatic rings. The molecule has 0 aromatic heterocycles. The van der Waals surface area contributed by atoms with Gasteiger partial charge in [-0.1, -0.05) is 24.4 Å². The fourth-order valence-corrected chi connectivity index (χ4v) is 4.62. The van der Waals surface area contributed by atoms with Crippen molar-refractivity contribution in [2.24, 2.45) is 0 Å². The third kappa shape index (κ3) is 6.20. The van der Waals surface area contributed by atoms with Crippen LogP contribution in [0.1, 0.15) is 24.5 Å². The highest BCUT2D eigenvalue weighted by molar-refractivity contribution is 7.81. The molecule has 1 unspecified atom stereocenters. The third-order valence-corrected chi connectivity index (χ3v) is 7.13. The van der Waals surface area contributed by atoms with Crippen LogP contribution in [-0.2, 0) is 4.74 Å². The Morgan fingerprint density at radius 2 is 1.33 bits per heavy atom. The minimum atomic E-state index is -0.434. The van der Waals surface area contributed by atoms with E-state index >= 15 is 0 Å². The van der Waals surface area contributed by atoms with Gasteiger partial charge in [-0.25, -0.2) is 0 Å². The molecule has 36 heavy (non-hydrogen) atoms. The minimum Gasteiger partial charge on any atom is -0.497 e. The molecule has 0 saturated heterocycles. The first kappa shape index (κ1) is 27.5. The van der Waals surface area contributed by atoms with E-state index in [1.54, 1.807) is 28.4 Å². The summed E-state index contributed by atoms with van der Waals surface area (Å²) in [4.78, 5) is 5.29. The van der Waals surface area contributed by atoms with Crippen LogP contribution in [0.2, 0.25) is 0 Å². The van der Waals surface area contributed by atoms with Gasteiger partial charge < -0.3 is 33.5 Å². The van der Waals surface area contributed by atoms with Crippen LogP contribution in [0.25, 0.3) is 0 Å². The molecular weight excluding hydrogens is 496 g/mol. The topological polar surface area (TPSA) is 52.6 Å². The number of benzene rings is 2. The average Bonchev–Trinajstić information content (AvgIpc) is 3.26. The van der Waals surface area contributed by atoms with Crippen LogP contribution in [0.4, 0.5) is 0 Å². The molecule has 0 N–H and O–H groups in total. The number of ether oxygens (including phenoxy) is 5. The highest BCUT2D eigenvalue weighted by Gasteiger charge is 2.34. The molecule has 0 radical (unpaired) electrons. The first-order valence-electron chi connectivity index (χ1n) is 11.5. The van der Waals surface area contributed by atoms with E-state index in [1.807, 2.05) is 60.3 Å². The Bertz CT molecular complexity index is 1150. The number of thiocarbonyl (C=S) groups is 2. The van der Waals surface area contributed by atoms with Crippen LogP contribution in [0, 0.1) is 0 Å². The number of hydrogen-bond acceptors (Lipinski definition) is 7. The van der Waals surface area contributed by atoms with E-state index in [1.165, 1.54) is 0 Å². The lowest BCUT2D eigenvalue weighted by molar-refractivity contribution is 0.0240. The maximum Gasteiger partial charge on any atom is 0.129 e. The van der Waals surface area contributed by atoms with Gasteiger partial charge in [-0.05, 0) is 49.4 Å². The van der Waals surface area contributed by atoms with Gasteiger partial charge in [-0.15, -0.1) is 0 Å². The maximum absolute atomic E-state index is 6.41. The monoisotopic (exact) mass is 530 g/mol. The summed E-state index contributed by atoms with van der Waals surface area (Å²) in [6.07, 6.45) is 2.87. The second-order valence-corrected chi connectivity index (χ2v) is 9.65. The zero-order valence-corrected chi connectivity index (χ0v) is 23.5. The van der Waals surface area contributed by atoms with E-state index in [9.17, 15) is 0 Å². The van der Waals surface area contributed by atoms with Gasteiger partial charge in [0.1, 0.15) is 44.3 Å². The van der Waals surface area contributed by atoms with Crippen molar-refractivity contribution in [2.45, 2.75) is 18.9 Å². The minimum absolute atomic E-state index is 0.434. The van der Waals surface area contributed by atoms with E-state index in [2.05, 4.69) is 13.0 Å². The number of rotatable bonds is 10. The fourth-order valence-electron chi connectivity index (χ4n) is 4.18. The molecule has 1 heterocycles. The van der Waals surface area contributed by atoms with Gasteiger partial charge in [-0.2, -0.15) is 0 Å². The number of methoxy groups -OCH3 is 4. The van der Waals surface area contributed by atoms with E-state index in [0.29, 0.717) is 34.6 Å². The smallest absolute Gasteiger partial charge is 0.129 e. The lowest BCUT2D eigenvalue weighted by Crippen LogP contribution is -2.42. The molecule has 1 aliphatic heterocycles. The molecule has 3 rings (SSSR count). The summed E-state index contributed by atoms with van der Waals surface area (Å²) >= 11 is 11.5. The Labute approximate surface area is 224 Å². The largest absolute Gasteiger partial charge is 0.497 e. The highest BCUT2D eigenvalue weighted by atomic mass is 32.1. The predicted molar refractivity (Wildman–Crippen MR) is 150 cm³/mol. The summed E-state index contributed by atoms with van der Waals surface area (Å²) in [6.45, 7) is 3.22. The number of hydrogen-bond donors (Lipinski definition) is 0. The maximum atomic E-state index is 6.41. The van der Waals surface area contributed by atoms with Gasteiger partial charge in [0.25, 0.3) is 0 Å². The van der Waals surface area contributed by atoms with E-state index in [0.717, 1.165) is 34.8 Å². The predicted octanol–water partition coefficient (Wildman–Crippen LogP) is 4.70. The molecule has 0 bridgehead atoms. The number of likely N-dealkylation sites (N-methyl/N-ethyl adjacent to an activating group) is 2. The van der Waals surface area contributed by atoms with Gasteiger partial charge in [0, 0.05) is 20.5 Å². The van der Waals surface area contributed by atoms with Crippen molar-refractivity contribution in [1.29, 1.82) is 0 Å². The molecular formula is C27H34N2O5S2. The second kappa shape index (κ2) is 11.8. The van der Waals surface area contributed by atoms with Crippen molar-refractivity contribution >= 4 is 34.4 Å². The van der Waals surface area contributed by atoms with Crippen LogP contribution in [0.5, 0.6) is 23.0 Å². The van der Waals surface area contributed by atoms with Crippen molar-refractivity contribution in [2.75, 3.05) is 55.6 Å². The molecule has 1 atom stereocenters. The summed E-state index contributed by atoms with van der Waals surface area (Å²) in [5, 5.41) is 0. The molecule has 9 heteroatoms. The van der Waals surface area contributed by atoms with Crippen molar-refractivity contribution in [3.63, 3.8) is 0 Å². The van der Waals surface area contributed by atoms with Crippen LogP contribution < -0.4 is 18.9 Å². The molecule has 0 fully saturated rings. The Morgan fingerprint density at radius 1 is 0.833 bits per heavy atom. The molecule has 7 nitrogen and oxygen atoms in total. The van der Waals surface area contributed by atoms with Gasteiger partial charge >= 0.3 is 0 Å². The van der Waals surface area contributed by atoms with Gasteiger partial charge in [0.2, 0.25) is 0 Å². The zero-order valence-electron chi connectivity index (χ0n) is 21.9. The highest BCUT2D eigenvalue weighted by Crippen LogP contribution is 2.32. The van der Waals surface area contributed by atoms with Gasteiger partial charge in [-0.3, -0.25) is 0 Å². The number of nitrogens with zero attached hydrogens (tertiary/aromatic N) is 2. The molecule has 2 aromatic carbocycles. The summed E-state index contributed by atoms with van der Waals surface area (Å²) in [7, 11) is 10.4. The van der Waals surface area contributed by atoms with Gasteiger partial charge in [0.15, 0.2) is 0 Å². The first-order chi connectivity index (χ1) is 17.1. The molecule has 194 valence electrons. The van der Waals surface area contributed by atoms with Crippen LogP contribution in [0.15, 0.2) is 48.2 Å². The van der Waals surface area contributed by atoms with Crippen LogP contribution >= 0.6 is 24.4 Å². The molecule has 0 saturated carbocycles. The van der Waals surface area contributed by atoms with E-state index in [4.69, 9.17) is 48.1 Å². The Kier molecular flexibility index (Phi) is 9.03. The average molecular weight is 531 g/mol. The first-order valence-corrected chi connectivity index (χ1v) is 12.3. The van der Waals surface area contributed by atoms with Crippen molar-refractivity contribution < 1.29 is 23.7 Å². The normalized spacial score (nSPS) is 16.5. The summed E-state index contributed by atoms with van der Waals surface area (Å²) < 4.78 is 28.2. The SMILES string of the molecule is COc1ccc(OC)c(C(=S)N(C)CC2=CCC(C)(CN(C)C(=S)c3cc(OC)ccc3OC)O2)c1. The standard InChI is InChI=1S/C27H34N2O5S2/c1-27(17-29(3)26(36)22-15-19(31-5)9-11-24(22)33-7)13-12-20(34-27)16-28(2)25(35)21-14-18(30-4)8-10-23(21)32-6/h8-12,14-15H,13,16-17H2,1-7H3. The zero-order chi connectivity index (χ0) is 26.5. The molecule has 0 aliphatic carbocycles. The summed E-state index contributed by atoms with van der Waals surface area (Å²) in [5.41, 5.74) is 1.17. The Hall–Kier alpha value is -3.04. The lowest BCUT2D eigenvalue weighted by Gasteiger charge is -2.33. The van der Waals surface area contributed by atoms with E-state index in [-0.39, 0.29) is 0 Å². The molecule has 2 aromatic rings. The fraction of sp³-hybridized carbons (Fsp3) is 0.407. The summed E-state index contributed by atoms with van der Waals surface area (Å²) in [5.74, 6) is 3.70. The Morgan fingerprint density at radius 3 is 1.81 bits per heavy atom. The lowest BCUT2D eigenvalue weighted by atomic mass is 10.0. The van der Waals surface area contributed by atoms with Crippen LogP contribution in [0.3, 0.4) is 0 Å². The molecule has 0 amide bonds. The third-order valence-electron chi connectivity index (χ3n) is 6.07. The summed E-state index contributed by atoms with van der Waals surface area (Å²) in [6, 6.07) is 11.2. The van der Waals surface area contributed by atoms with E-state index < -0.39 is 5.60 Å². The second-order valence-electron chi connectivity index (χ2n) is 8.88. The molecule has 0 spiro atoms. The van der Waals surface area contributed by atoms with Gasteiger partial charge in [0.05, 0.1) is 52.7 Å². The quantitative estimate of drug-likeness (QED) is 0.407. The van der Waals surface area contributed by atoms with Crippen LogP contribution in [-0.4, -0.2) is 81.0 Å². The van der Waals surface area contributed by atoms with Crippen molar-refractivity contribution in [3.8, 4) is 23.0 Å². The van der Waals surface area contributed by atoms with Crippen molar-refractivity contribution in [1.82, 2.24) is 9.80 Å². The Balaban J connectivity index is 1.65.